The van der Waals surface area contributed by atoms with Crippen LogP contribution >= 0.6 is 27.7 Å². The monoisotopic (exact) mass is 520 g/mol. The number of thioether (sulfide) groups is 1. The Bertz CT molecular complexity index is 974. The van der Waals surface area contributed by atoms with Crippen LogP contribution in [0.2, 0.25) is 0 Å². The molecule has 5 rings (SSSR count). The molecule has 32 heavy (non-hydrogen) atoms. The summed E-state index contributed by atoms with van der Waals surface area (Å²) in [5, 5.41) is 11.0. The van der Waals surface area contributed by atoms with Crippen LogP contribution in [0.5, 0.6) is 0 Å². The van der Waals surface area contributed by atoms with Gasteiger partial charge in [0.2, 0.25) is 0 Å². The van der Waals surface area contributed by atoms with Crippen LogP contribution in [0, 0.1) is 0 Å². The lowest BCUT2D eigenvalue weighted by Gasteiger charge is -2.47. The Morgan fingerprint density at radius 1 is 1.16 bits per heavy atom. The van der Waals surface area contributed by atoms with Gasteiger partial charge in [0.1, 0.15) is 23.7 Å². The number of likely N-dealkylation sites (tertiary alicyclic amines) is 1. The molecule has 2 aromatic carbocycles. The summed E-state index contributed by atoms with van der Waals surface area (Å²) in [6, 6.07) is 14.5. The van der Waals surface area contributed by atoms with Crippen LogP contribution in [-0.4, -0.2) is 65.4 Å². The molecule has 6 unspecified atom stereocenters. The predicted octanol–water partition coefficient (Wildman–Crippen LogP) is 2.91. The molecule has 0 aliphatic carbocycles. The molecule has 2 aromatic rings. The summed E-state index contributed by atoms with van der Waals surface area (Å²) >= 11 is 4.79. The molecule has 3 fully saturated rings. The highest BCUT2D eigenvalue weighted by Gasteiger charge is 2.48. The summed E-state index contributed by atoms with van der Waals surface area (Å²) in [5.41, 5.74) is 7.26. The number of halogens is 1. The fraction of sp³-hybridized carbons (Fsp3) is 0.435. The molecule has 0 saturated carbocycles. The second-order valence-electron chi connectivity index (χ2n) is 8.19. The van der Waals surface area contributed by atoms with Crippen LogP contribution in [0.1, 0.15) is 28.6 Å². The van der Waals surface area contributed by atoms with Gasteiger partial charge in [-0.05, 0) is 24.6 Å². The molecular weight excluding hydrogens is 496 g/mol. The van der Waals surface area contributed by atoms with E-state index in [4.69, 9.17) is 19.9 Å². The lowest BCUT2D eigenvalue weighted by Crippen LogP contribution is -2.64. The van der Waals surface area contributed by atoms with Gasteiger partial charge in [0, 0.05) is 28.0 Å². The second-order valence-corrected chi connectivity index (χ2v) is 10.2. The van der Waals surface area contributed by atoms with Crippen molar-refractivity contribution in [2.24, 2.45) is 5.73 Å². The number of aliphatic hydroxyl groups is 1. The Labute approximate surface area is 199 Å². The molecule has 0 bridgehead atoms. The lowest BCUT2D eigenvalue weighted by atomic mass is 9.97. The van der Waals surface area contributed by atoms with E-state index in [9.17, 15) is 9.90 Å². The zero-order valence-corrected chi connectivity index (χ0v) is 19.7. The van der Waals surface area contributed by atoms with Crippen molar-refractivity contribution >= 4 is 33.6 Å². The summed E-state index contributed by atoms with van der Waals surface area (Å²) in [7, 11) is 0. The topological polar surface area (TPSA) is 94.3 Å². The number of nitrogens with zero attached hydrogens (tertiary/aromatic N) is 1. The summed E-state index contributed by atoms with van der Waals surface area (Å²) in [6.45, 7) is 1.85. The van der Waals surface area contributed by atoms with Crippen molar-refractivity contribution in [3.05, 3.63) is 64.1 Å². The molecular formula is C23H25BrN2O5S. The van der Waals surface area contributed by atoms with E-state index in [1.165, 1.54) is 11.8 Å². The number of nitrogens with two attached hydrogens (primary N) is 1. The fourth-order valence-electron chi connectivity index (χ4n) is 4.10. The molecule has 3 N–H and O–H groups in total. The maximum Gasteiger partial charge on any atom is 0.254 e. The molecule has 0 aromatic heterocycles. The van der Waals surface area contributed by atoms with Crippen LogP contribution in [0.3, 0.4) is 0 Å². The normalized spacial score (nSPS) is 32.2. The minimum absolute atomic E-state index is 0.00578. The maximum absolute atomic E-state index is 12.9. The molecule has 9 heteroatoms. The predicted molar refractivity (Wildman–Crippen MR) is 123 cm³/mol. The van der Waals surface area contributed by atoms with Crippen molar-refractivity contribution in [2.75, 3.05) is 19.7 Å². The smallest absolute Gasteiger partial charge is 0.254 e. The number of hydrogen-bond donors (Lipinski definition) is 2. The van der Waals surface area contributed by atoms with Crippen LogP contribution in [-0.2, 0) is 14.2 Å². The molecule has 3 aliphatic rings. The molecule has 0 spiro atoms. The minimum atomic E-state index is -0.971. The van der Waals surface area contributed by atoms with E-state index in [1.54, 1.807) is 0 Å². The van der Waals surface area contributed by atoms with Crippen LogP contribution in [0.15, 0.2) is 57.9 Å². The summed E-state index contributed by atoms with van der Waals surface area (Å²) < 4.78 is 19.0. The zero-order valence-electron chi connectivity index (χ0n) is 17.3. The highest BCUT2D eigenvalue weighted by atomic mass is 79.9. The number of carbonyl (C=O) groups is 1. The van der Waals surface area contributed by atoms with Crippen molar-refractivity contribution in [3.63, 3.8) is 0 Å². The highest BCUT2D eigenvalue weighted by Crippen LogP contribution is 2.40. The lowest BCUT2D eigenvalue weighted by molar-refractivity contribution is -0.297. The number of hydrogen-bond acceptors (Lipinski definition) is 7. The third-order valence-corrected chi connectivity index (χ3v) is 7.76. The first-order chi connectivity index (χ1) is 15.5. The van der Waals surface area contributed by atoms with E-state index in [2.05, 4.69) is 15.9 Å². The first kappa shape index (κ1) is 22.3. The van der Waals surface area contributed by atoms with E-state index in [-0.39, 0.29) is 5.91 Å². The quantitative estimate of drug-likeness (QED) is 0.639. The number of rotatable bonds is 4. The number of amides is 1. The third-order valence-electron chi connectivity index (χ3n) is 6.05. The Balaban J connectivity index is 1.32. The molecule has 3 saturated heterocycles. The SMILES string of the molecule is NC1C(O)C(Sc2cc(Br)ccc2C(=O)N2CCC2)OC2COC(c3ccccc3)OC21. The zero-order chi connectivity index (χ0) is 22.2. The van der Waals surface area contributed by atoms with E-state index >= 15 is 0 Å². The Morgan fingerprint density at radius 3 is 2.66 bits per heavy atom. The average molecular weight is 521 g/mol. The number of aliphatic hydroxyl groups excluding tert-OH is 1. The van der Waals surface area contributed by atoms with Gasteiger partial charge in [-0.15, -0.1) is 0 Å². The first-order valence-electron chi connectivity index (χ1n) is 10.7. The van der Waals surface area contributed by atoms with Gasteiger partial charge in [0.25, 0.3) is 5.91 Å². The molecule has 6 atom stereocenters. The van der Waals surface area contributed by atoms with Gasteiger partial charge in [0.15, 0.2) is 6.29 Å². The Kier molecular flexibility index (Phi) is 6.58. The number of carbonyl (C=O) groups excluding carboxylic acids is 1. The van der Waals surface area contributed by atoms with Gasteiger partial charge < -0.3 is 30.0 Å². The van der Waals surface area contributed by atoms with E-state index in [0.29, 0.717) is 12.2 Å². The molecule has 3 aliphatic heterocycles. The summed E-state index contributed by atoms with van der Waals surface area (Å²) in [5.74, 6) is -0.00578. The molecule has 1 amide bonds. The highest BCUT2D eigenvalue weighted by molar-refractivity contribution is 9.10. The van der Waals surface area contributed by atoms with Gasteiger partial charge in [-0.25, -0.2) is 0 Å². The van der Waals surface area contributed by atoms with Crippen molar-refractivity contribution in [1.29, 1.82) is 0 Å². The maximum atomic E-state index is 12.9. The molecule has 170 valence electrons. The van der Waals surface area contributed by atoms with E-state index in [1.807, 2.05) is 53.4 Å². The Hall–Kier alpha value is -1.46. The molecule has 3 heterocycles. The van der Waals surface area contributed by atoms with Gasteiger partial charge >= 0.3 is 0 Å². The first-order valence-corrected chi connectivity index (χ1v) is 12.3. The second kappa shape index (κ2) is 9.42. The van der Waals surface area contributed by atoms with E-state index in [0.717, 1.165) is 34.4 Å². The van der Waals surface area contributed by atoms with Gasteiger partial charge in [-0.3, -0.25) is 4.79 Å². The standard InChI is InChI=1S/C23H25BrN2O5S/c24-14-7-8-15(21(28)26-9-4-10-26)17(11-14)32-23-19(27)18(25)20-16(30-23)12-29-22(31-20)13-5-2-1-3-6-13/h1-3,5-8,11,16,18-20,22-23,27H,4,9-10,12,25H2. The van der Waals surface area contributed by atoms with E-state index < -0.39 is 36.1 Å². The van der Waals surface area contributed by atoms with Crippen LogP contribution in [0.25, 0.3) is 0 Å². The van der Waals surface area contributed by atoms with Gasteiger partial charge in [-0.1, -0.05) is 58.0 Å². The summed E-state index contributed by atoms with van der Waals surface area (Å²) in [4.78, 5) is 15.4. The fourth-order valence-corrected chi connectivity index (χ4v) is 5.86. The largest absolute Gasteiger partial charge is 0.388 e. The van der Waals surface area contributed by atoms with Crippen LogP contribution < -0.4 is 5.73 Å². The third kappa shape index (κ3) is 4.35. The Morgan fingerprint density at radius 2 is 1.94 bits per heavy atom. The number of fused-ring (bicyclic) bond motifs is 1. The number of ether oxygens (including phenoxy) is 3. The van der Waals surface area contributed by atoms with Crippen molar-refractivity contribution in [2.45, 2.75) is 47.4 Å². The minimum Gasteiger partial charge on any atom is -0.388 e. The summed E-state index contributed by atoms with van der Waals surface area (Å²) in [6.07, 6.45) is -1.40. The van der Waals surface area contributed by atoms with Gasteiger partial charge in [-0.2, -0.15) is 0 Å². The van der Waals surface area contributed by atoms with Crippen LogP contribution in [0.4, 0.5) is 0 Å². The molecule has 7 nitrogen and oxygen atoms in total. The van der Waals surface area contributed by atoms with Gasteiger partial charge in [0.05, 0.1) is 18.2 Å². The number of benzene rings is 2. The molecule has 0 radical (unpaired) electrons. The average Bonchev–Trinajstić information content (AvgIpc) is 2.76. The van der Waals surface area contributed by atoms with Crippen molar-refractivity contribution < 1.29 is 24.1 Å². The van der Waals surface area contributed by atoms with Crippen molar-refractivity contribution in [1.82, 2.24) is 4.90 Å². The van der Waals surface area contributed by atoms with Crippen molar-refractivity contribution in [3.8, 4) is 0 Å².